The molecule has 2 rings (SSSR count). The van der Waals surface area contributed by atoms with E-state index in [0.29, 0.717) is 16.5 Å². The average Bonchev–Trinajstić information content (AvgIpc) is 2.37. The second kappa shape index (κ2) is 5.22. The Morgan fingerprint density at radius 2 is 1.90 bits per heavy atom. The van der Waals surface area contributed by atoms with Crippen LogP contribution in [0.25, 0.3) is 10.8 Å². The van der Waals surface area contributed by atoms with Crippen LogP contribution in [0, 0.1) is 5.92 Å². The summed E-state index contributed by atoms with van der Waals surface area (Å²) in [5.74, 6) is -0.265. The monoisotopic (exact) mass is 293 g/mol. The van der Waals surface area contributed by atoms with Crippen molar-refractivity contribution in [2.24, 2.45) is 5.92 Å². The Bertz CT molecular complexity index is 766. The largest absolute Gasteiger partial charge is 0.325 e. The lowest BCUT2D eigenvalue weighted by molar-refractivity contribution is -0.118. The summed E-state index contributed by atoms with van der Waals surface area (Å²) >= 11 is 0. The number of hydrogen-bond acceptors (Lipinski definition) is 3. The predicted molar refractivity (Wildman–Crippen MR) is 77.2 cm³/mol. The van der Waals surface area contributed by atoms with Crippen LogP contribution in [0.1, 0.15) is 13.8 Å². The second-order valence-corrected chi connectivity index (χ2v) is 6.23. The van der Waals surface area contributed by atoms with Crippen LogP contribution in [-0.2, 0) is 14.9 Å². The number of amides is 1. The zero-order valence-electron chi connectivity index (χ0n) is 11.1. The van der Waals surface area contributed by atoms with Crippen LogP contribution in [-0.4, -0.2) is 18.9 Å². The van der Waals surface area contributed by atoms with Gasteiger partial charge in [-0.05, 0) is 23.6 Å². The smallest absolute Gasteiger partial charge is 0.294 e. The molecule has 0 saturated carbocycles. The number of carbonyl (C=O) groups is 1. The van der Waals surface area contributed by atoms with Gasteiger partial charge in [0, 0.05) is 17.0 Å². The molecule has 2 aromatic rings. The molecule has 0 aliphatic heterocycles. The van der Waals surface area contributed by atoms with E-state index in [0.717, 1.165) is 0 Å². The number of anilines is 1. The molecule has 0 atom stereocenters. The summed E-state index contributed by atoms with van der Waals surface area (Å²) < 4.78 is 31.3. The minimum Gasteiger partial charge on any atom is -0.325 e. The maximum Gasteiger partial charge on any atom is 0.294 e. The molecule has 1 amide bonds. The Labute approximate surface area is 117 Å². The van der Waals surface area contributed by atoms with Gasteiger partial charge >= 0.3 is 0 Å². The number of fused-ring (bicyclic) bond motifs is 1. The van der Waals surface area contributed by atoms with E-state index >= 15 is 0 Å². The molecule has 2 aromatic carbocycles. The highest BCUT2D eigenvalue weighted by molar-refractivity contribution is 7.85. The van der Waals surface area contributed by atoms with Crippen LogP contribution in [0.4, 0.5) is 5.69 Å². The van der Waals surface area contributed by atoms with Crippen molar-refractivity contribution in [3.05, 3.63) is 36.4 Å². The van der Waals surface area contributed by atoms with Gasteiger partial charge in [-0.3, -0.25) is 9.35 Å². The standard InChI is InChI=1S/C14H15NO4S/c1-9(2)14(16)15-13-5-3-4-10-8-11(20(17,18)19)6-7-12(10)13/h3-9H,1-2H3,(H,15,16)(H,17,18,19). The first-order valence-corrected chi connectivity index (χ1v) is 7.54. The fourth-order valence-electron chi connectivity index (χ4n) is 1.81. The lowest BCUT2D eigenvalue weighted by Gasteiger charge is -2.11. The molecule has 0 bridgehead atoms. The van der Waals surface area contributed by atoms with Gasteiger partial charge < -0.3 is 5.32 Å². The van der Waals surface area contributed by atoms with Gasteiger partial charge in [-0.2, -0.15) is 8.42 Å². The normalized spacial score (nSPS) is 11.8. The Morgan fingerprint density at radius 1 is 1.20 bits per heavy atom. The van der Waals surface area contributed by atoms with Crippen molar-refractivity contribution in [3.8, 4) is 0 Å². The van der Waals surface area contributed by atoms with Gasteiger partial charge in [-0.25, -0.2) is 0 Å². The van der Waals surface area contributed by atoms with Crippen LogP contribution in [0.15, 0.2) is 41.3 Å². The minimum absolute atomic E-state index is 0.114. The fourth-order valence-corrected chi connectivity index (χ4v) is 2.32. The Balaban J connectivity index is 2.52. The number of nitrogens with one attached hydrogen (secondary N) is 1. The SMILES string of the molecule is CC(C)C(=O)Nc1cccc2cc(S(=O)(=O)O)ccc12. The molecule has 0 heterocycles. The molecule has 5 nitrogen and oxygen atoms in total. The molecule has 0 aliphatic rings. The zero-order valence-corrected chi connectivity index (χ0v) is 11.9. The van der Waals surface area contributed by atoms with E-state index < -0.39 is 10.1 Å². The molecule has 0 spiro atoms. The Kier molecular flexibility index (Phi) is 3.78. The van der Waals surface area contributed by atoms with Gasteiger partial charge in [0.15, 0.2) is 0 Å². The molecule has 2 N–H and O–H groups in total. The van der Waals surface area contributed by atoms with Crippen molar-refractivity contribution in [1.29, 1.82) is 0 Å². The summed E-state index contributed by atoms with van der Waals surface area (Å²) in [6, 6.07) is 9.42. The molecule has 0 unspecified atom stereocenters. The first kappa shape index (κ1) is 14.5. The first-order valence-electron chi connectivity index (χ1n) is 6.10. The third-order valence-corrected chi connectivity index (χ3v) is 3.78. The summed E-state index contributed by atoms with van der Waals surface area (Å²) in [7, 11) is -4.23. The maximum absolute atomic E-state index is 11.7. The van der Waals surface area contributed by atoms with E-state index in [1.54, 1.807) is 38.1 Å². The van der Waals surface area contributed by atoms with E-state index in [2.05, 4.69) is 5.32 Å². The summed E-state index contributed by atoms with van der Waals surface area (Å²) in [5, 5.41) is 4.13. The van der Waals surface area contributed by atoms with Crippen molar-refractivity contribution >= 4 is 32.5 Å². The van der Waals surface area contributed by atoms with Crippen molar-refractivity contribution in [2.75, 3.05) is 5.32 Å². The number of carbonyl (C=O) groups excluding carboxylic acids is 1. The summed E-state index contributed by atoms with van der Waals surface area (Å²) in [6.45, 7) is 3.58. The molecule has 0 fully saturated rings. The number of hydrogen-bond donors (Lipinski definition) is 2. The van der Waals surface area contributed by atoms with Crippen LogP contribution in [0.5, 0.6) is 0 Å². The topological polar surface area (TPSA) is 83.5 Å². The van der Waals surface area contributed by atoms with E-state index in [9.17, 15) is 13.2 Å². The molecular formula is C14H15NO4S. The van der Waals surface area contributed by atoms with E-state index in [4.69, 9.17) is 4.55 Å². The highest BCUT2D eigenvalue weighted by Gasteiger charge is 2.12. The summed E-state index contributed by atoms with van der Waals surface area (Å²) in [5.41, 5.74) is 0.614. The Hall–Kier alpha value is -1.92. The molecule has 6 heteroatoms. The van der Waals surface area contributed by atoms with Crippen molar-refractivity contribution in [2.45, 2.75) is 18.7 Å². The highest BCUT2D eigenvalue weighted by atomic mass is 32.2. The summed E-state index contributed by atoms with van der Waals surface area (Å²) in [6.07, 6.45) is 0. The van der Waals surface area contributed by atoms with Crippen LogP contribution < -0.4 is 5.32 Å². The first-order chi connectivity index (χ1) is 9.29. The van der Waals surface area contributed by atoms with Gasteiger partial charge in [-0.1, -0.05) is 32.0 Å². The molecule has 20 heavy (non-hydrogen) atoms. The predicted octanol–water partition coefficient (Wildman–Crippen LogP) is 2.68. The van der Waals surface area contributed by atoms with E-state index in [-0.39, 0.29) is 16.7 Å². The van der Waals surface area contributed by atoms with Crippen molar-refractivity contribution in [1.82, 2.24) is 0 Å². The zero-order chi connectivity index (χ0) is 14.9. The van der Waals surface area contributed by atoms with Crippen LogP contribution in [0.3, 0.4) is 0 Å². The van der Waals surface area contributed by atoms with E-state index in [1.807, 2.05) is 0 Å². The average molecular weight is 293 g/mol. The molecule has 106 valence electrons. The Morgan fingerprint density at radius 3 is 2.50 bits per heavy atom. The minimum atomic E-state index is -4.23. The quantitative estimate of drug-likeness (QED) is 0.852. The second-order valence-electron chi connectivity index (χ2n) is 4.81. The molecule has 0 aromatic heterocycles. The van der Waals surface area contributed by atoms with Gasteiger partial charge in [0.25, 0.3) is 10.1 Å². The van der Waals surface area contributed by atoms with E-state index in [1.165, 1.54) is 12.1 Å². The third-order valence-electron chi connectivity index (χ3n) is 2.93. The highest BCUT2D eigenvalue weighted by Crippen LogP contribution is 2.26. The van der Waals surface area contributed by atoms with Gasteiger partial charge in [0.2, 0.25) is 5.91 Å². The lowest BCUT2D eigenvalue weighted by atomic mass is 10.1. The van der Waals surface area contributed by atoms with Crippen molar-refractivity contribution in [3.63, 3.8) is 0 Å². The summed E-state index contributed by atoms with van der Waals surface area (Å²) in [4.78, 5) is 11.6. The van der Waals surface area contributed by atoms with Gasteiger partial charge in [0.05, 0.1) is 4.90 Å². The van der Waals surface area contributed by atoms with Crippen LogP contribution >= 0.6 is 0 Å². The molecule has 0 saturated heterocycles. The fraction of sp³-hybridized carbons (Fsp3) is 0.214. The number of rotatable bonds is 3. The van der Waals surface area contributed by atoms with Gasteiger partial charge in [-0.15, -0.1) is 0 Å². The molecule has 0 radical (unpaired) electrons. The third kappa shape index (κ3) is 2.97. The molecular weight excluding hydrogens is 278 g/mol. The number of benzene rings is 2. The molecule has 0 aliphatic carbocycles. The van der Waals surface area contributed by atoms with Crippen molar-refractivity contribution < 1.29 is 17.8 Å². The van der Waals surface area contributed by atoms with Crippen LogP contribution in [0.2, 0.25) is 0 Å². The maximum atomic E-state index is 11.7. The van der Waals surface area contributed by atoms with Gasteiger partial charge in [0.1, 0.15) is 0 Å². The lowest BCUT2D eigenvalue weighted by Crippen LogP contribution is -2.17.